The Labute approximate surface area is 526 Å². The molecule has 18 nitrogen and oxygen atoms in total. The Morgan fingerprint density at radius 2 is 0.506 bits per heavy atom. The van der Waals surface area contributed by atoms with Gasteiger partial charge in [-0.25, -0.2) is 0 Å². The van der Waals surface area contributed by atoms with E-state index in [-0.39, 0.29) is 37.8 Å². The molecule has 11 atom stereocenters. The average Bonchev–Trinajstić information content (AvgIpc) is 1.62. The number of hydrogen-bond acceptors (Lipinski definition) is 16. The van der Waals surface area contributed by atoms with Crippen molar-refractivity contribution in [3.05, 3.63) is 243 Å². The van der Waals surface area contributed by atoms with E-state index < -0.39 is 104 Å². The molecule has 0 amide bonds. The summed E-state index contributed by atoms with van der Waals surface area (Å²) in [6.45, 7) is 3.89. The van der Waals surface area contributed by atoms with Crippen molar-refractivity contribution >= 4 is 141 Å². The summed E-state index contributed by atoms with van der Waals surface area (Å²) in [5, 5.41) is 21.6. The fourth-order valence-electron chi connectivity index (χ4n) is 12.7. The van der Waals surface area contributed by atoms with Crippen LogP contribution in [-0.2, 0) is 67.8 Å². The monoisotopic (exact) mass is 1360 g/mol. The number of carboxylic acids is 2. The average molecular weight is 1370 g/mol. The van der Waals surface area contributed by atoms with E-state index in [2.05, 4.69) is 0 Å². The molecule has 9 bridgehead atoms. The van der Waals surface area contributed by atoms with Crippen LogP contribution < -0.4 is 41.5 Å². The van der Waals surface area contributed by atoms with Gasteiger partial charge in [-0.05, 0) is 48.4 Å². The lowest BCUT2D eigenvalue weighted by Crippen LogP contribution is -3.00. The zero-order chi connectivity index (χ0) is 61.1. The van der Waals surface area contributed by atoms with E-state index in [1.807, 2.05) is 256 Å². The molecule has 8 fully saturated rings. The van der Waals surface area contributed by atoms with E-state index in [9.17, 15) is 19.8 Å². The molecule has 8 heterocycles. The summed E-state index contributed by atoms with van der Waals surface area (Å²) >= 11 is 0. The fourth-order valence-corrected chi connectivity index (χ4v) is 73.9. The second-order valence-corrected chi connectivity index (χ2v) is 54.3. The summed E-state index contributed by atoms with van der Waals surface area (Å²) in [5.41, 5.74) is 0. The highest BCUT2D eigenvalue weighted by atomic mass is 28.6. The van der Waals surface area contributed by atoms with Crippen LogP contribution >= 0.6 is 0 Å². The summed E-state index contributed by atoms with van der Waals surface area (Å²) in [4.78, 5) is 24.8. The van der Waals surface area contributed by atoms with Crippen LogP contribution in [-0.4, -0.2) is 114 Å². The molecule has 11 unspecified atom stereocenters. The first-order valence-electron chi connectivity index (χ1n) is 29.8. The number of rotatable bonds is 18. The molecule has 89 heavy (non-hydrogen) atoms. The molecule has 8 saturated heterocycles. The highest BCUT2D eigenvalue weighted by molar-refractivity contribution is 7.18. The number of benzene rings is 8. The zero-order valence-corrected chi connectivity index (χ0v) is 58.7. The van der Waals surface area contributed by atoms with Gasteiger partial charge in [0, 0.05) is 44.0 Å². The van der Waals surface area contributed by atoms with Gasteiger partial charge in [-0.1, -0.05) is 255 Å². The van der Waals surface area contributed by atoms with Crippen molar-refractivity contribution < 1.29 is 78.0 Å². The van der Waals surface area contributed by atoms with Crippen molar-refractivity contribution in [3.8, 4) is 0 Å². The molecular weight excluding hydrogens is 1300 g/mol. The molecule has 8 aromatic carbocycles. The van der Waals surface area contributed by atoms with Crippen LogP contribution in [0.3, 0.4) is 0 Å². The number of fused-ring (bicyclic) bond motifs is 4. The van der Waals surface area contributed by atoms with Gasteiger partial charge in [-0.3, -0.25) is 9.59 Å². The highest BCUT2D eigenvalue weighted by Gasteiger charge is 2.95. The lowest BCUT2D eigenvalue weighted by molar-refractivity contribution is -0.138. The lowest BCUT2D eigenvalue weighted by atomic mass is 10.2. The molecule has 2 N–H and O–H groups in total. The van der Waals surface area contributed by atoms with Crippen molar-refractivity contribution in [2.75, 3.05) is 0 Å². The Bertz CT molecular complexity index is 3850. The van der Waals surface area contributed by atoms with Gasteiger partial charge in [0.1, 0.15) is 0 Å². The van der Waals surface area contributed by atoms with Gasteiger partial charge in [-0.15, -0.1) is 0 Å². The third-order valence-corrected chi connectivity index (χ3v) is 62.3. The van der Waals surface area contributed by atoms with Crippen LogP contribution in [0.25, 0.3) is 0 Å². The Morgan fingerprint density at radius 3 is 0.787 bits per heavy atom. The second-order valence-electron chi connectivity index (χ2n) is 23.0. The molecule has 8 aliphatic rings. The van der Waals surface area contributed by atoms with Gasteiger partial charge in [0.15, 0.2) is 0 Å². The van der Waals surface area contributed by atoms with Gasteiger partial charge < -0.3 is 68.4 Å². The first-order valence-corrected chi connectivity index (χ1v) is 48.8. The van der Waals surface area contributed by atoms with Crippen molar-refractivity contribution in [1.82, 2.24) is 0 Å². The third kappa shape index (κ3) is 10.6. The van der Waals surface area contributed by atoms with Crippen molar-refractivity contribution in [2.45, 2.75) is 68.7 Å². The lowest BCUT2D eigenvalue weighted by Gasteiger charge is -2.64. The number of aliphatic carboxylic acids is 2. The molecule has 456 valence electrons. The van der Waals surface area contributed by atoms with Crippen LogP contribution in [0, 0.1) is 0 Å². The van der Waals surface area contributed by atoms with E-state index in [1.54, 1.807) is 0 Å². The van der Waals surface area contributed by atoms with Gasteiger partial charge >= 0.3 is 99.0 Å². The van der Waals surface area contributed by atoms with Crippen LogP contribution in [0.1, 0.15) is 38.5 Å². The maximum atomic E-state index is 12.4. The molecule has 0 aliphatic carbocycles. The summed E-state index contributed by atoms with van der Waals surface area (Å²) in [6.07, 6.45) is 0.965. The number of carboxylic acid groups (broad SMARTS) is 2. The smallest absolute Gasteiger partial charge is 0.481 e. The minimum absolute atomic E-state index is 0.117. The Kier molecular flexibility index (Phi) is 16.0. The van der Waals surface area contributed by atoms with E-state index in [0.717, 1.165) is 0 Å². The molecule has 1 spiro atoms. The van der Waals surface area contributed by atoms with Crippen LogP contribution in [0.15, 0.2) is 243 Å². The second kappa shape index (κ2) is 23.5. The summed E-state index contributed by atoms with van der Waals surface area (Å²) < 4.78 is 120. The molecule has 0 aromatic heterocycles. The molecule has 8 aliphatic heterocycles. The number of carbonyl (C=O) groups is 2. The van der Waals surface area contributed by atoms with Crippen LogP contribution in [0.2, 0.25) is 25.2 Å². The SMILES string of the molecule is C[Si]1(CCCCC(=O)O)O[Si]2(c3ccccc3)OC34O[Si](c5ccccc5)(O2)O[Si]2(c5ccccc5)O[Si](C)(CCCCC(=O)O)O[Si]5(c6ccccc6)O[Si](c6ccccc6)(O[Si](c6ccccc6)(O1)O[Si]3(c1ccccc1)O5)O[Si]4(c1ccccc1)O2. The van der Waals surface area contributed by atoms with E-state index in [4.69, 9.17) is 58.2 Å². The van der Waals surface area contributed by atoms with E-state index in [0.29, 0.717) is 54.3 Å². The minimum atomic E-state index is -5.53. The summed E-state index contributed by atoms with van der Waals surface area (Å²) in [7, 11) is -50.3. The molecule has 0 saturated carbocycles. The van der Waals surface area contributed by atoms with Gasteiger partial charge in [0.05, 0.1) is 0 Å². The Hall–Kier alpha value is -5.69. The predicted octanol–water partition coefficient (Wildman–Crippen LogP) is 5.50. The largest absolute Gasteiger partial charge is 0.524 e. The van der Waals surface area contributed by atoms with Crippen molar-refractivity contribution in [1.29, 1.82) is 0 Å². The third-order valence-electron chi connectivity index (χ3n) is 16.6. The highest BCUT2D eigenvalue weighted by Crippen LogP contribution is 2.58. The summed E-state index contributed by atoms with van der Waals surface area (Å²) in [6, 6.07) is 76.7. The van der Waals surface area contributed by atoms with Gasteiger partial charge in [0.25, 0.3) is 0 Å². The van der Waals surface area contributed by atoms with Gasteiger partial charge in [0.2, 0.25) is 5.03 Å². The molecule has 28 heteroatoms. The first-order chi connectivity index (χ1) is 43.1. The zero-order valence-electron chi connectivity index (χ0n) is 48.7. The Morgan fingerprint density at radius 1 is 0.292 bits per heavy atom. The summed E-state index contributed by atoms with van der Waals surface area (Å²) in [5.74, 6) is -1.89. The molecular formula is C61H64O18Si10. The molecule has 0 radical (unpaired) electrons. The molecule has 16 rings (SSSR count). The maximum Gasteiger partial charge on any atom is 0.524 e. The Balaban J connectivity index is 1.26. The normalized spacial score (nSPS) is 34.4. The fraction of sp³-hybridized carbons (Fsp3) is 0.180. The van der Waals surface area contributed by atoms with Crippen LogP contribution in [0.5, 0.6) is 0 Å². The minimum Gasteiger partial charge on any atom is -0.481 e. The maximum absolute atomic E-state index is 12.4. The van der Waals surface area contributed by atoms with Gasteiger partial charge in [-0.2, -0.15) is 0 Å². The standard InChI is InChI=1S/C61H64O18Si10/c1-80(49-29-27-47-59(62)63)68-84(53-35-15-5-16-36-53)66-61-67-85(76-84,54-37-17-6-18-38-54)77-86(55-39-19-7-20-40-55)70-81(2,50-30-28-48-60(64)65)71-88(57-43-23-9-24-44-57)74-82(61,51-31-11-3-12-32-51)73-87(69-80,56-41-21-8-22-42-56)78-89(79-88,58-45-25-10-26-46-58)75-83(61,72-86)52-33-13-4-14-34-52/h3-26,31-46H,27-30,47-50H2,1-2H3,(H,62,63)(H,64,65). The quantitative estimate of drug-likeness (QED) is 0.0804. The number of hydrogen-bond donors (Lipinski definition) is 2. The molecule has 8 aromatic rings. The van der Waals surface area contributed by atoms with Crippen molar-refractivity contribution in [2.24, 2.45) is 0 Å². The predicted molar refractivity (Wildman–Crippen MR) is 348 cm³/mol. The number of unbranched alkanes of at least 4 members (excludes halogenated alkanes) is 2. The van der Waals surface area contributed by atoms with Crippen LogP contribution in [0.4, 0.5) is 0 Å². The van der Waals surface area contributed by atoms with E-state index >= 15 is 0 Å². The van der Waals surface area contributed by atoms with Crippen molar-refractivity contribution in [3.63, 3.8) is 0 Å². The van der Waals surface area contributed by atoms with E-state index in [1.165, 1.54) is 0 Å². The first kappa shape index (κ1) is 60.8. The topological polar surface area (TPSA) is 204 Å².